The van der Waals surface area contributed by atoms with Crippen LogP contribution in [0.4, 0.5) is 0 Å². The van der Waals surface area contributed by atoms with Gasteiger partial charge in [-0.3, -0.25) is 4.79 Å². The Kier molecular flexibility index (Phi) is 5.87. The van der Waals surface area contributed by atoms with Crippen LogP contribution in [-0.2, 0) is 26.9 Å². The van der Waals surface area contributed by atoms with Crippen molar-refractivity contribution >= 4 is 15.7 Å². The summed E-state index contributed by atoms with van der Waals surface area (Å²) in [5.74, 6) is -0.0992. The van der Waals surface area contributed by atoms with Gasteiger partial charge < -0.3 is 4.90 Å². The monoisotopic (exact) mass is 329 g/mol. The molecule has 0 radical (unpaired) electrons. The number of hydrogen-bond acceptors (Lipinski definition) is 6. The van der Waals surface area contributed by atoms with Crippen molar-refractivity contribution in [2.75, 3.05) is 18.8 Å². The van der Waals surface area contributed by atoms with Gasteiger partial charge in [-0.2, -0.15) is 0 Å². The molecule has 2 rings (SSSR count). The fraction of sp³-hybridized carbons (Fsp3) is 0.846. The molecule has 0 spiro atoms. The number of amides is 1. The Morgan fingerprint density at radius 3 is 2.64 bits per heavy atom. The zero-order valence-corrected chi connectivity index (χ0v) is 13.8. The predicted octanol–water partition coefficient (Wildman–Crippen LogP) is 0.401. The van der Waals surface area contributed by atoms with E-state index in [0.717, 1.165) is 38.8 Å². The smallest absolute Gasteiger partial charge is 0.223 e. The second kappa shape index (κ2) is 7.66. The molecular weight excluding hydrogens is 306 g/mol. The average molecular weight is 329 g/mol. The molecule has 1 fully saturated rings. The van der Waals surface area contributed by atoms with Crippen molar-refractivity contribution < 1.29 is 13.2 Å². The highest BCUT2D eigenvalue weighted by Crippen LogP contribution is 2.11. The van der Waals surface area contributed by atoms with Crippen molar-refractivity contribution in [2.24, 2.45) is 0 Å². The van der Waals surface area contributed by atoms with Gasteiger partial charge in [0.1, 0.15) is 5.75 Å². The van der Waals surface area contributed by atoms with E-state index >= 15 is 0 Å². The molecule has 124 valence electrons. The molecule has 0 atom stereocenters. The van der Waals surface area contributed by atoms with E-state index in [4.69, 9.17) is 0 Å². The van der Waals surface area contributed by atoms with E-state index in [2.05, 4.69) is 15.5 Å². The van der Waals surface area contributed by atoms with E-state index in [1.165, 1.54) is 4.68 Å². The van der Waals surface area contributed by atoms with Gasteiger partial charge in [0.05, 0.1) is 5.75 Å². The van der Waals surface area contributed by atoms with Crippen molar-refractivity contribution in [1.29, 1.82) is 0 Å². The number of piperidine rings is 1. The number of carbonyl (C=O) groups is 1. The molecule has 1 aliphatic rings. The van der Waals surface area contributed by atoms with Gasteiger partial charge in [-0.1, -0.05) is 6.92 Å². The van der Waals surface area contributed by atoms with Gasteiger partial charge in [-0.25, -0.2) is 13.1 Å². The van der Waals surface area contributed by atoms with E-state index in [1.807, 2.05) is 6.92 Å². The topological polar surface area (TPSA) is 98.0 Å². The summed E-state index contributed by atoms with van der Waals surface area (Å²) in [5, 5.41) is 11.1. The van der Waals surface area contributed by atoms with Crippen LogP contribution >= 0.6 is 0 Å². The minimum Gasteiger partial charge on any atom is -0.343 e. The minimum absolute atomic E-state index is 0.0394. The first-order chi connectivity index (χ1) is 10.5. The van der Waals surface area contributed by atoms with Crippen LogP contribution in [0.3, 0.4) is 0 Å². The Labute approximate surface area is 130 Å². The van der Waals surface area contributed by atoms with Crippen LogP contribution in [0.2, 0.25) is 0 Å². The van der Waals surface area contributed by atoms with E-state index < -0.39 is 9.84 Å². The molecular formula is C13H23N5O3S. The molecule has 2 heterocycles. The van der Waals surface area contributed by atoms with Gasteiger partial charge in [0.25, 0.3) is 0 Å². The summed E-state index contributed by atoms with van der Waals surface area (Å²) in [7, 11) is -3.39. The first-order valence-corrected chi connectivity index (χ1v) is 9.57. The molecule has 0 aromatic carbocycles. The Balaban J connectivity index is 1.87. The van der Waals surface area contributed by atoms with Crippen molar-refractivity contribution in [2.45, 2.75) is 51.3 Å². The van der Waals surface area contributed by atoms with E-state index in [1.54, 1.807) is 4.90 Å². The second-order valence-corrected chi connectivity index (χ2v) is 7.79. The highest BCUT2D eigenvalue weighted by atomic mass is 32.2. The second-order valence-electron chi connectivity index (χ2n) is 5.60. The largest absolute Gasteiger partial charge is 0.343 e. The first-order valence-electron chi connectivity index (χ1n) is 7.75. The molecule has 1 saturated heterocycles. The van der Waals surface area contributed by atoms with E-state index in [-0.39, 0.29) is 23.8 Å². The lowest BCUT2D eigenvalue weighted by molar-refractivity contribution is -0.131. The quantitative estimate of drug-likeness (QED) is 0.718. The van der Waals surface area contributed by atoms with Gasteiger partial charge >= 0.3 is 0 Å². The van der Waals surface area contributed by atoms with Crippen LogP contribution < -0.4 is 0 Å². The van der Waals surface area contributed by atoms with Crippen LogP contribution in [0.25, 0.3) is 0 Å². The molecule has 1 aromatic rings. The van der Waals surface area contributed by atoms with Gasteiger partial charge in [0.2, 0.25) is 5.91 Å². The molecule has 1 amide bonds. The van der Waals surface area contributed by atoms with Crippen LogP contribution in [0.5, 0.6) is 0 Å². The third kappa shape index (κ3) is 4.75. The maximum Gasteiger partial charge on any atom is 0.223 e. The van der Waals surface area contributed by atoms with Crippen LogP contribution in [-0.4, -0.2) is 58.3 Å². The lowest BCUT2D eigenvalue weighted by Crippen LogP contribution is -2.36. The molecule has 0 bridgehead atoms. The number of rotatable bonds is 7. The number of aromatic nitrogens is 4. The van der Waals surface area contributed by atoms with Gasteiger partial charge in [0.15, 0.2) is 15.7 Å². The van der Waals surface area contributed by atoms with Crippen molar-refractivity contribution in [3.8, 4) is 0 Å². The zero-order valence-electron chi connectivity index (χ0n) is 12.9. The summed E-state index contributed by atoms with van der Waals surface area (Å²) < 4.78 is 25.8. The molecule has 0 unspecified atom stereocenters. The lowest BCUT2D eigenvalue weighted by atomic mass is 10.1. The summed E-state index contributed by atoms with van der Waals surface area (Å²) >= 11 is 0. The third-order valence-corrected chi connectivity index (χ3v) is 5.25. The van der Waals surface area contributed by atoms with Crippen LogP contribution in [0.1, 0.15) is 44.9 Å². The lowest BCUT2D eigenvalue weighted by Gasteiger charge is -2.26. The molecule has 1 aromatic heterocycles. The average Bonchev–Trinajstić information content (AvgIpc) is 2.93. The van der Waals surface area contributed by atoms with Gasteiger partial charge in [-0.05, 0) is 36.1 Å². The molecule has 22 heavy (non-hydrogen) atoms. The molecule has 9 heteroatoms. The summed E-state index contributed by atoms with van der Waals surface area (Å²) in [6.07, 6.45) is 4.01. The Bertz CT molecular complexity index is 593. The number of nitrogens with zero attached hydrogens (tertiary/aromatic N) is 5. The number of tetrazole rings is 1. The summed E-state index contributed by atoms with van der Waals surface area (Å²) in [6.45, 7) is 4.04. The number of carbonyl (C=O) groups excluding carboxylic acids is 1. The normalized spacial score (nSPS) is 16.0. The minimum atomic E-state index is -3.39. The van der Waals surface area contributed by atoms with Crippen LogP contribution in [0, 0.1) is 0 Å². The number of aryl methyl sites for hydroxylation is 1. The standard InChI is InChI=1S/C13H23N5O3S/c1-2-7-18-12(14-15-16-18)11-22(20,21)10-6-13(19)17-8-4-3-5-9-17/h2-11H2,1H3. The molecule has 1 aliphatic heterocycles. The fourth-order valence-corrected chi connectivity index (χ4v) is 3.76. The highest BCUT2D eigenvalue weighted by molar-refractivity contribution is 7.90. The Hall–Kier alpha value is -1.51. The molecule has 0 N–H and O–H groups in total. The highest BCUT2D eigenvalue weighted by Gasteiger charge is 2.22. The zero-order chi connectivity index (χ0) is 16.0. The molecule has 0 aliphatic carbocycles. The van der Waals surface area contributed by atoms with Crippen molar-refractivity contribution in [1.82, 2.24) is 25.1 Å². The summed E-state index contributed by atoms with van der Waals surface area (Å²) in [5.41, 5.74) is 0. The van der Waals surface area contributed by atoms with E-state index in [0.29, 0.717) is 12.4 Å². The maximum atomic E-state index is 12.2. The molecule has 0 saturated carbocycles. The fourth-order valence-electron chi connectivity index (χ4n) is 2.53. The van der Waals surface area contributed by atoms with E-state index in [9.17, 15) is 13.2 Å². The number of hydrogen-bond donors (Lipinski definition) is 0. The van der Waals surface area contributed by atoms with Crippen molar-refractivity contribution in [3.05, 3.63) is 5.82 Å². The first kappa shape index (κ1) is 16.9. The summed E-state index contributed by atoms with van der Waals surface area (Å²) in [4.78, 5) is 13.8. The molecule has 8 nitrogen and oxygen atoms in total. The number of likely N-dealkylation sites (tertiary alicyclic amines) is 1. The summed E-state index contributed by atoms with van der Waals surface area (Å²) in [6, 6.07) is 0. The van der Waals surface area contributed by atoms with Gasteiger partial charge in [0, 0.05) is 26.1 Å². The third-order valence-electron chi connectivity index (χ3n) is 3.73. The Morgan fingerprint density at radius 2 is 1.95 bits per heavy atom. The van der Waals surface area contributed by atoms with Crippen molar-refractivity contribution in [3.63, 3.8) is 0 Å². The Morgan fingerprint density at radius 1 is 1.23 bits per heavy atom. The predicted molar refractivity (Wildman–Crippen MR) is 80.6 cm³/mol. The SMILES string of the molecule is CCCn1nnnc1CS(=O)(=O)CCC(=O)N1CCCCC1. The van der Waals surface area contributed by atoms with Gasteiger partial charge in [-0.15, -0.1) is 5.10 Å². The van der Waals surface area contributed by atoms with Crippen LogP contribution in [0.15, 0.2) is 0 Å². The number of sulfone groups is 1. The maximum absolute atomic E-state index is 12.2.